The van der Waals surface area contributed by atoms with Gasteiger partial charge in [0.15, 0.2) is 0 Å². The number of esters is 1. The highest BCUT2D eigenvalue weighted by Crippen LogP contribution is 2.43. The van der Waals surface area contributed by atoms with Gasteiger partial charge in [-0.1, -0.05) is 49.2 Å². The molecule has 0 spiro atoms. The number of nitrogens with zero attached hydrogens (tertiary/aromatic N) is 3. The van der Waals surface area contributed by atoms with Crippen molar-refractivity contribution in [1.82, 2.24) is 14.9 Å². The third-order valence-corrected chi connectivity index (χ3v) is 8.71. The molecular formula is C35H40N4O3. The Morgan fingerprint density at radius 1 is 1.02 bits per heavy atom. The maximum Gasteiger partial charge on any atom is 0.341 e. The molecule has 0 bridgehead atoms. The lowest BCUT2D eigenvalue weighted by Crippen LogP contribution is -2.47. The number of piperazine rings is 1. The number of allylic oxidation sites excluding steroid dienone is 1. The van der Waals surface area contributed by atoms with Gasteiger partial charge in [-0.25, -0.2) is 9.78 Å². The van der Waals surface area contributed by atoms with E-state index in [9.17, 15) is 4.79 Å². The van der Waals surface area contributed by atoms with Gasteiger partial charge in [0.2, 0.25) is 0 Å². The van der Waals surface area contributed by atoms with Gasteiger partial charge in [-0.3, -0.25) is 4.90 Å². The lowest BCUT2D eigenvalue weighted by atomic mass is 9.72. The number of rotatable bonds is 7. The van der Waals surface area contributed by atoms with Crippen molar-refractivity contribution in [3.63, 3.8) is 0 Å². The second kappa shape index (κ2) is 11.6. The zero-order chi connectivity index (χ0) is 29.3. The van der Waals surface area contributed by atoms with Gasteiger partial charge in [0.1, 0.15) is 22.7 Å². The van der Waals surface area contributed by atoms with E-state index in [0.29, 0.717) is 22.5 Å². The van der Waals surface area contributed by atoms with Crippen LogP contribution in [0.4, 0.5) is 5.69 Å². The molecule has 7 nitrogen and oxygen atoms in total. The van der Waals surface area contributed by atoms with Gasteiger partial charge >= 0.3 is 5.97 Å². The molecule has 0 amide bonds. The zero-order valence-corrected chi connectivity index (χ0v) is 25.1. The van der Waals surface area contributed by atoms with Gasteiger partial charge in [0.25, 0.3) is 0 Å². The van der Waals surface area contributed by atoms with Crippen LogP contribution < -0.4 is 9.64 Å². The molecule has 218 valence electrons. The van der Waals surface area contributed by atoms with E-state index in [1.807, 2.05) is 30.5 Å². The summed E-state index contributed by atoms with van der Waals surface area (Å²) in [6.45, 7) is 11.8. The highest BCUT2D eigenvalue weighted by atomic mass is 16.5. The smallest absolute Gasteiger partial charge is 0.341 e. The Bertz CT molecular complexity index is 1610. The van der Waals surface area contributed by atoms with E-state index >= 15 is 0 Å². The van der Waals surface area contributed by atoms with Crippen molar-refractivity contribution in [2.24, 2.45) is 5.41 Å². The Morgan fingerprint density at radius 2 is 1.81 bits per heavy atom. The number of aryl methyl sites for hydroxylation is 1. The molecule has 2 aromatic carbocycles. The SMILES string of the molecule is COC(=O)c1ccc(N2CCN(CC3=C(c4ccc(C)cc4)CC(C)(C)CC3)CC2)cc1Oc1cnc2[nH]ccc2c1. The standard InChI is InChI=1S/C35H40N4O3/c1-24-5-7-25(8-6-24)31-21-35(2,3)13-11-27(31)23-38-15-17-39(18-16-38)28-9-10-30(34(40)41-4)32(20-28)42-29-19-26-12-14-36-33(26)37-22-29/h5-10,12,14,19-20,22H,11,13,15-18,21,23H2,1-4H3,(H,36,37). The Kier molecular flexibility index (Phi) is 7.78. The maximum atomic E-state index is 12.6. The minimum atomic E-state index is -0.426. The Hall–Kier alpha value is -4.10. The van der Waals surface area contributed by atoms with Gasteiger partial charge in [0, 0.05) is 56.1 Å². The fourth-order valence-corrected chi connectivity index (χ4v) is 6.17. The van der Waals surface area contributed by atoms with E-state index in [0.717, 1.165) is 62.3 Å². The highest BCUT2D eigenvalue weighted by Gasteiger charge is 2.29. The molecular weight excluding hydrogens is 524 g/mol. The van der Waals surface area contributed by atoms with Crippen LogP contribution in [0.25, 0.3) is 16.6 Å². The van der Waals surface area contributed by atoms with Crippen molar-refractivity contribution in [3.8, 4) is 11.5 Å². The number of aromatic nitrogens is 2. The third kappa shape index (κ3) is 6.07. The van der Waals surface area contributed by atoms with Crippen LogP contribution in [0.15, 0.2) is 72.6 Å². The second-order valence-corrected chi connectivity index (χ2v) is 12.4. The highest BCUT2D eigenvalue weighted by molar-refractivity contribution is 5.93. The molecule has 1 N–H and O–H groups in total. The van der Waals surface area contributed by atoms with E-state index in [-0.39, 0.29) is 0 Å². The molecule has 6 rings (SSSR count). The number of H-pyrrole nitrogens is 1. The monoisotopic (exact) mass is 564 g/mol. The molecule has 0 saturated carbocycles. The summed E-state index contributed by atoms with van der Waals surface area (Å²) >= 11 is 0. The summed E-state index contributed by atoms with van der Waals surface area (Å²) in [4.78, 5) is 25.0. The summed E-state index contributed by atoms with van der Waals surface area (Å²) < 4.78 is 11.3. The number of aromatic amines is 1. The predicted octanol–water partition coefficient (Wildman–Crippen LogP) is 7.24. The topological polar surface area (TPSA) is 70.7 Å². The van der Waals surface area contributed by atoms with Gasteiger partial charge in [0.05, 0.1) is 13.3 Å². The van der Waals surface area contributed by atoms with Crippen molar-refractivity contribution in [2.75, 3.05) is 44.7 Å². The average Bonchev–Trinajstić information content (AvgIpc) is 3.46. The number of carbonyl (C=O) groups excluding carboxylic acids is 1. The average molecular weight is 565 g/mol. The number of fused-ring (bicyclic) bond motifs is 1. The number of benzene rings is 2. The Balaban J connectivity index is 1.18. The first-order valence-corrected chi connectivity index (χ1v) is 14.9. The molecule has 1 aliphatic carbocycles. The van der Waals surface area contributed by atoms with Crippen LogP contribution in [0.1, 0.15) is 54.6 Å². The van der Waals surface area contributed by atoms with Crippen LogP contribution in [0, 0.1) is 12.3 Å². The van der Waals surface area contributed by atoms with Crippen LogP contribution in [-0.4, -0.2) is 60.7 Å². The number of anilines is 1. The minimum Gasteiger partial charge on any atom is -0.465 e. The first-order chi connectivity index (χ1) is 20.3. The van der Waals surface area contributed by atoms with Crippen molar-refractivity contribution in [3.05, 3.63) is 89.3 Å². The van der Waals surface area contributed by atoms with E-state index in [2.05, 4.69) is 64.8 Å². The van der Waals surface area contributed by atoms with Crippen LogP contribution in [0.3, 0.4) is 0 Å². The molecule has 42 heavy (non-hydrogen) atoms. The van der Waals surface area contributed by atoms with Crippen molar-refractivity contribution in [1.29, 1.82) is 0 Å². The summed E-state index contributed by atoms with van der Waals surface area (Å²) in [6.07, 6.45) is 7.04. The molecule has 1 aliphatic heterocycles. The fourth-order valence-electron chi connectivity index (χ4n) is 6.17. The molecule has 2 aromatic heterocycles. The van der Waals surface area contributed by atoms with E-state index in [4.69, 9.17) is 9.47 Å². The van der Waals surface area contributed by atoms with Crippen LogP contribution in [-0.2, 0) is 4.74 Å². The van der Waals surface area contributed by atoms with Crippen LogP contribution in [0.5, 0.6) is 11.5 Å². The number of hydrogen-bond donors (Lipinski definition) is 1. The number of carbonyl (C=O) groups is 1. The van der Waals surface area contributed by atoms with Crippen molar-refractivity contribution in [2.45, 2.75) is 40.0 Å². The lowest BCUT2D eigenvalue weighted by Gasteiger charge is -2.39. The minimum absolute atomic E-state index is 0.335. The first-order valence-electron chi connectivity index (χ1n) is 14.9. The van der Waals surface area contributed by atoms with Gasteiger partial charge in [-0.2, -0.15) is 0 Å². The van der Waals surface area contributed by atoms with Crippen LogP contribution >= 0.6 is 0 Å². The fraction of sp³-hybridized carbons (Fsp3) is 0.371. The zero-order valence-electron chi connectivity index (χ0n) is 25.1. The summed E-state index contributed by atoms with van der Waals surface area (Å²) in [6, 6.07) is 18.7. The van der Waals surface area contributed by atoms with E-state index in [1.54, 1.807) is 23.4 Å². The molecule has 0 atom stereocenters. The summed E-state index contributed by atoms with van der Waals surface area (Å²) in [5.41, 5.74) is 8.38. The summed E-state index contributed by atoms with van der Waals surface area (Å²) in [5, 5.41) is 0.946. The maximum absolute atomic E-state index is 12.6. The van der Waals surface area contributed by atoms with Gasteiger partial charge in [-0.05, 0) is 67.0 Å². The number of methoxy groups -OCH3 is 1. The van der Waals surface area contributed by atoms with Crippen molar-refractivity contribution < 1.29 is 14.3 Å². The van der Waals surface area contributed by atoms with Crippen LogP contribution in [0.2, 0.25) is 0 Å². The molecule has 1 fully saturated rings. The lowest BCUT2D eigenvalue weighted by molar-refractivity contribution is 0.0598. The number of ether oxygens (including phenoxy) is 2. The largest absolute Gasteiger partial charge is 0.465 e. The van der Waals surface area contributed by atoms with Gasteiger partial charge in [-0.15, -0.1) is 0 Å². The first kappa shape index (κ1) is 28.0. The Morgan fingerprint density at radius 3 is 2.57 bits per heavy atom. The number of hydrogen-bond acceptors (Lipinski definition) is 6. The van der Waals surface area contributed by atoms with Gasteiger partial charge < -0.3 is 19.4 Å². The summed E-state index contributed by atoms with van der Waals surface area (Å²) in [7, 11) is 1.39. The number of pyridine rings is 1. The predicted molar refractivity (Wildman–Crippen MR) is 168 cm³/mol. The Labute approximate surface area is 248 Å². The molecule has 2 aliphatic rings. The molecule has 0 radical (unpaired) electrons. The molecule has 3 heterocycles. The normalized spacial score (nSPS) is 17.5. The molecule has 7 heteroatoms. The van der Waals surface area contributed by atoms with E-state index < -0.39 is 5.97 Å². The summed E-state index contributed by atoms with van der Waals surface area (Å²) in [5.74, 6) is 0.615. The quantitative estimate of drug-likeness (QED) is 0.239. The molecule has 0 unspecified atom stereocenters. The molecule has 1 saturated heterocycles. The second-order valence-electron chi connectivity index (χ2n) is 12.4. The van der Waals surface area contributed by atoms with Crippen molar-refractivity contribution >= 4 is 28.3 Å². The molecule has 4 aromatic rings. The van der Waals surface area contributed by atoms with E-state index in [1.165, 1.54) is 24.7 Å². The number of nitrogens with one attached hydrogen (secondary N) is 1. The third-order valence-electron chi connectivity index (χ3n) is 8.71.